The maximum atomic E-state index is 3.25. The van der Waals surface area contributed by atoms with Crippen LogP contribution in [0, 0.1) is 6.07 Å². The van der Waals surface area contributed by atoms with Gasteiger partial charge >= 0.3 is 51.4 Å². The molecule has 0 radical (unpaired) electrons. The summed E-state index contributed by atoms with van der Waals surface area (Å²) in [5.74, 6) is 0. The second-order valence-corrected chi connectivity index (χ2v) is 3.96. The molecule has 0 aliphatic rings. The van der Waals surface area contributed by atoms with Crippen molar-refractivity contribution >= 4 is 0 Å². The van der Waals surface area contributed by atoms with E-state index in [-0.39, 0.29) is 51.4 Å². The first kappa shape index (κ1) is 15.9. The normalized spacial score (nSPS) is 9.73. The summed E-state index contributed by atoms with van der Waals surface area (Å²) in [4.78, 5) is 0. The van der Waals surface area contributed by atoms with Crippen molar-refractivity contribution in [1.29, 1.82) is 0 Å². The Balaban J connectivity index is 0.00000196. The van der Waals surface area contributed by atoms with Crippen molar-refractivity contribution in [2.24, 2.45) is 0 Å². The standard InChI is InChI=1S/C14H21.K/c1-3-5-8-13-10-7-11-14(12-13)9-6-4-2;/h10-12H,3-6,8-9H2,1-2H3;/q-1;+1. The molecule has 0 aliphatic carbocycles. The summed E-state index contributed by atoms with van der Waals surface area (Å²) in [5, 5.41) is 0. The van der Waals surface area contributed by atoms with Gasteiger partial charge in [-0.05, 0) is 0 Å². The van der Waals surface area contributed by atoms with E-state index in [1.807, 2.05) is 0 Å². The summed E-state index contributed by atoms with van der Waals surface area (Å²) >= 11 is 0. The number of benzene rings is 1. The zero-order valence-electron chi connectivity index (χ0n) is 10.5. The fourth-order valence-electron chi connectivity index (χ4n) is 1.63. The molecule has 1 aromatic rings. The Morgan fingerprint density at radius 2 is 1.40 bits per heavy atom. The summed E-state index contributed by atoms with van der Waals surface area (Å²) in [6.45, 7) is 4.48. The van der Waals surface area contributed by atoms with Gasteiger partial charge in [0.25, 0.3) is 0 Å². The Bertz CT molecular complexity index is 232. The molecule has 0 amide bonds. The van der Waals surface area contributed by atoms with E-state index in [4.69, 9.17) is 0 Å². The molecule has 0 spiro atoms. The second-order valence-electron chi connectivity index (χ2n) is 3.96. The van der Waals surface area contributed by atoms with E-state index in [0.717, 1.165) is 0 Å². The molecule has 78 valence electrons. The number of unbranched alkanes of at least 4 members (excludes halogenated alkanes) is 2. The molecule has 0 saturated heterocycles. The topological polar surface area (TPSA) is 0 Å². The van der Waals surface area contributed by atoms with Crippen molar-refractivity contribution in [1.82, 2.24) is 0 Å². The minimum atomic E-state index is 0. The first-order chi connectivity index (χ1) is 6.86. The first-order valence-electron chi connectivity index (χ1n) is 5.85. The molecule has 0 N–H and O–H groups in total. The average Bonchev–Trinajstić information content (AvgIpc) is 2.24. The fraction of sp³-hybridized carbons (Fsp3) is 0.571. The van der Waals surface area contributed by atoms with E-state index in [1.54, 1.807) is 0 Å². The molecule has 0 aliphatic heterocycles. The van der Waals surface area contributed by atoms with E-state index in [2.05, 4.69) is 38.1 Å². The molecule has 0 nitrogen and oxygen atoms in total. The van der Waals surface area contributed by atoms with E-state index in [0.29, 0.717) is 0 Å². The van der Waals surface area contributed by atoms with Crippen molar-refractivity contribution in [3.8, 4) is 0 Å². The van der Waals surface area contributed by atoms with Crippen molar-refractivity contribution in [3.63, 3.8) is 0 Å². The van der Waals surface area contributed by atoms with Crippen LogP contribution in [0.1, 0.15) is 50.7 Å². The van der Waals surface area contributed by atoms with E-state index in [1.165, 1.54) is 49.7 Å². The molecular weight excluding hydrogens is 207 g/mol. The summed E-state index contributed by atoms with van der Waals surface area (Å²) < 4.78 is 0. The third-order valence-electron chi connectivity index (χ3n) is 2.55. The van der Waals surface area contributed by atoms with Crippen molar-refractivity contribution < 1.29 is 51.4 Å². The molecule has 0 fully saturated rings. The van der Waals surface area contributed by atoms with Crippen molar-refractivity contribution in [3.05, 3.63) is 35.4 Å². The molecule has 0 aromatic heterocycles. The number of hydrogen-bond acceptors (Lipinski definition) is 0. The van der Waals surface area contributed by atoms with Crippen LogP contribution >= 0.6 is 0 Å². The number of aryl methyl sites for hydroxylation is 2. The Kier molecular flexibility index (Phi) is 10.6. The third kappa shape index (κ3) is 6.91. The van der Waals surface area contributed by atoms with Gasteiger partial charge in [0, 0.05) is 0 Å². The minimum absolute atomic E-state index is 0. The summed E-state index contributed by atoms with van der Waals surface area (Å²) in [5.41, 5.74) is 2.92. The smallest absolute Gasteiger partial charge is 0.183 e. The largest absolute Gasteiger partial charge is 1.00 e. The molecule has 1 heteroatoms. The maximum absolute atomic E-state index is 3.25. The zero-order valence-corrected chi connectivity index (χ0v) is 13.6. The Hall–Kier alpha value is 0.856. The first-order valence-corrected chi connectivity index (χ1v) is 5.85. The molecule has 0 heterocycles. The van der Waals surface area contributed by atoms with Crippen LogP contribution in [-0.2, 0) is 12.8 Å². The summed E-state index contributed by atoms with van der Waals surface area (Å²) in [6, 6.07) is 9.86. The van der Waals surface area contributed by atoms with Gasteiger partial charge in [-0.3, -0.25) is 0 Å². The fourth-order valence-corrected chi connectivity index (χ4v) is 1.63. The molecule has 1 rings (SSSR count). The second kappa shape index (κ2) is 10.0. The minimum Gasteiger partial charge on any atom is -0.183 e. The van der Waals surface area contributed by atoms with E-state index in [9.17, 15) is 0 Å². The van der Waals surface area contributed by atoms with E-state index >= 15 is 0 Å². The zero-order chi connectivity index (χ0) is 10.2. The molecule has 0 saturated carbocycles. The summed E-state index contributed by atoms with van der Waals surface area (Å²) in [6.07, 6.45) is 7.58. The van der Waals surface area contributed by atoms with Gasteiger partial charge in [-0.1, -0.05) is 52.4 Å². The van der Waals surface area contributed by atoms with Gasteiger partial charge in [0.15, 0.2) is 0 Å². The van der Waals surface area contributed by atoms with Crippen LogP contribution in [0.15, 0.2) is 18.2 Å². The quantitative estimate of drug-likeness (QED) is 0.507. The van der Waals surface area contributed by atoms with Crippen LogP contribution in [0.4, 0.5) is 0 Å². The predicted octanol–water partition coefficient (Wildman–Crippen LogP) is 1.18. The van der Waals surface area contributed by atoms with Crippen LogP contribution in [0.5, 0.6) is 0 Å². The van der Waals surface area contributed by atoms with Gasteiger partial charge in [0.2, 0.25) is 0 Å². The monoisotopic (exact) mass is 228 g/mol. The van der Waals surface area contributed by atoms with Crippen LogP contribution in [0.3, 0.4) is 0 Å². The van der Waals surface area contributed by atoms with Crippen LogP contribution in [-0.4, -0.2) is 0 Å². The maximum Gasteiger partial charge on any atom is 1.00 e. The van der Waals surface area contributed by atoms with Gasteiger partial charge in [0.1, 0.15) is 0 Å². The van der Waals surface area contributed by atoms with Gasteiger partial charge in [-0.2, -0.15) is 35.4 Å². The summed E-state index contributed by atoms with van der Waals surface area (Å²) in [7, 11) is 0. The molecule has 1 aromatic carbocycles. The molecule has 0 bridgehead atoms. The van der Waals surface area contributed by atoms with Crippen molar-refractivity contribution in [2.45, 2.75) is 52.4 Å². The number of hydrogen-bond donors (Lipinski definition) is 0. The van der Waals surface area contributed by atoms with Gasteiger partial charge in [-0.25, -0.2) is 0 Å². The van der Waals surface area contributed by atoms with Gasteiger partial charge < -0.3 is 0 Å². The third-order valence-corrected chi connectivity index (χ3v) is 2.55. The van der Waals surface area contributed by atoms with Gasteiger partial charge in [0.05, 0.1) is 0 Å². The Labute approximate surface area is 137 Å². The average molecular weight is 228 g/mol. The van der Waals surface area contributed by atoms with Crippen molar-refractivity contribution in [2.75, 3.05) is 0 Å². The molecular formula is C14H21K. The molecule has 0 unspecified atom stereocenters. The van der Waals surface area contributed by atoms with Crippen LogP contribution in [0.25, 0.3) is 0 Å². The Morgan fingerprint density at radius 1 is 0.933 bits per heavy atom. The molecule has 15 heavy (non-hydrogen) atoms. The number of rotatable bonds is 6. The SMILES string of the molecule is CCCCc1c[c-]cc(CCCC)c1.[K+]. The van der Waals surface area contributed by atoms with Gasteiger partial charge in [-0.15, -0.1) is 0 Å². The Morgan fingerprint density at radius 3 is 1.80 bits per heavy atom. The van der Waals surface area contributed by atoms with Crippen LogP contribution in [0.2, 0.25) is 0 Å². The van der Waals surface area contributed by atoms with E-state index < -0.39 is 0 Å². The van der Waals surface area contributed by atoms with Crippen LogP contribution < -0.4 is 51.4 Å². The molecule has 0 atom stereocenters. The predicted molar refractivity (Wildman–Crippen MR) is 62.5 cm³/mol.